The number of nitrogens with one attached hydrogen (secondary N) is 2. The van der Waals surface area contributed by atoms with Crippen LogP contribution in [0.2, 0.25) is 0 Å². The van der Waals surface area contributed by atoms with Gasteiger partial charge >= 0.3 is 0 Å². The van der Waals surface area contributed by atoms with Crippen LogP contribution in [0.25, 0.3) is 0 Å². The van der Waals surface area contributed by atoms with Gasteiger partial charge in [0.05, 0.1) is 12.6 Å². The number of hydrogen-bond acceptors (Lipinski definition) is 8. The summed E-state index contributed by atoms with van der Waals surface area (Å²) in [6.45, 7) is 6.06. The zero-order valence-electron chi connectivity index (χ0n) is 15.3. The van der Waals surface area contributed by atoms with Crippen LogP contribution in [0.15, 0.2) is 33.8 Å². The molecule has 26 heavy (non-hydrogen) atoms. The van der Waals surface area contributed by atoms with E-state index in [4.69, 9.17) is 9.94 Å². The Morgan fingerprint density at radius 3 is 3.08 bits per heavy atom. The van der Waals surface area contributed by atoms with Crippen molar-refractivity contribution in [2.75, 3.05) is 19.1 Å². The van der Waals surface area contributed by atoms with E-state index in [1.54, 1.807) is 26.0 Å². The summed E-state index contributed by atoms with van der Waals surface area (Å²) in [5.41, 5.74) is 0.155. The summed E-state index contributed by atoms with van der Waals surface area (Å²) >= 11 is 1.39. The molecular weight excluding hydrogens is 356 g/mol. The zero-order chi connectivity index (χ0) is 19.2. The van der Waals surface area contributed by atoms with Gasteiger partial charge in [-0.1, -0.05) is 18.5 Å². The third-order valence-electron chi connectivity index (χ3n) is 4.14. The van der Waals surface area contributed by atoms with E-state index in [1.165, 1.54) is 11.8 Å². The highest BCUT2D eigenvalue weighted by Crippen LogP contribution is 2.29. The molecule has 0 aliphatic carbocycles. The van der Waals surface area contributed by atoms with Crippen molar-refractivity contribution in [1.82, 2.24) is 10.6 Å². The van der Waals surface area contributed by atoms with Gasteiger partial charge in [0.1, 0.15) is 28.8 Å². The van der Waals surface area contributed by atoms with Gasteiger partial charge in [0.2, 0.25) is 5.91 Å². The van der Waals surface area contributed by atoms with E-state index in [0.717, 1.165) is 6.42 Å². The number of nitrogens with zero attached hydrogens (tertiary/aromatic N) is 2. The van der Waals surface area contributed by atoms with Crippen LogP contribution in [-0.4, -0.2) is 57.6 Å². The number of allylic oxidation sites excluding steroid dienone is 1. The molecule has 8 nitrogen and oxygen atoms in total. The lowest BCUT2D eigenvalue weighted by Gasteiger charge is -2.27. The fourth-order valence-electron chi connectivity index (χ4n) is 2.58. The van der Waals surface area contributed by atoms with E-state index in [1.807, 2.05) is 6.92 Å². The number of aliphatic imine (C=N–C) groups is 1. The molecule has 0 spiro atoms. The highest BCUT2D eigenvalue weighted by molar-refractivity contribution is 8.16. The minimum absolute atomic E-state index is 0.0975. The maximum atomic E-state index is 12.9. The molecule has 9 heteroatoms. The first-order valence-corrected chi connectivity index (χ1v) is 9.53. The fourth-order valence-corrected chi connectivity index (χ4v) is 3.71. The van der Waals surface area contributed by atoms with Crippen molar-refractivity contribution >= 4 is 28.4 Å². The van der Waals surface area contributed by atoms with Crippen LogP contribution in [-0.2, 0) is 9.53 Å². The number of carbonyl (C=O) groups excluding carboxylic acids is 1. The molecule has 0 aromatic rings. The van der Waals surface area contributed by atoms with E-state index in [-0.39, 0.29) is 17.7 Å². The molecule has 144 valence electrons. The van der Waals surface area contributed by atoms with Crippen LogP contribution in [0.5, 0.6) is 0 Å². The summed E-state index contributed by atoms with van der Waals surface area (Å²) in [5, 5.41) is 28.7. The van der Waals surface area contributed by atoms with Crippen LogP contribution >= 0.6 is 11.8 Å². The molecule has 2 aliphatic heterocycles. The lowest BCUT2D eigenvalue weighted by atomic mass is 10.0. The van der Waals surface area contributed by atoms with E-state index in [2.05, 4.69) is 20.8 Å². The highest BCUT2D eigenvalue weighted by atomic mass is 32.2. The molecule has 2 heterocycles. The molecule has 0 aromatic heterocycles. The largest absolute Gasteiger partial charge is 0.508 e. The molecule has 0 unspecified atom stereocenters. The second-order valence-electron chi connectivity index (χ2n) is 6.40. The van der Waals surface area contributed by atoms with Crippen molar-refractivity contribution in [2.24, 2.45) is 10.1 Å². The Hall–Kier alpha value is -2.00. The maximum Gasteiger partial charge on any atom is 0.249 e. The molecule has 0 bridgehead atoms. The van der Waals surface area contributed by atoms with Gasteiger partial charge in [0, 0.05) is 17.5 Å². The summed E-state index contributed by atoms with van der Waals surface area (Å²) in [5.74, 6) is 0.360. The Labute approximate surface area is 157 Å². The Kier molecular flexibility index (Phi) is 7.10. The molecule has 2 aliphatic rings. The molecule has 0 radical (unpaired) electrons. The minimum atomic E-state index is -0.936. The molecule has 1 amide bonds. The predicted octanol–water partition coefficient (Wildman–Crippen LogP) is 1.93. The Balaban J connectivity index is 2.18. The first kappa shape index (κ1) is 20.3. The number of thioether (sulfide) groups is 1. The first-order valence-electron chi connectivity index (χ1n) is 8.54. The quantitative estimate of drug-likeness (QED) is 0.317. The van der Waals surface area contributed by atoms with Crippen LogP contribution in [0, 0.1) is 0 Å². The minimum Gasteiger partial charge on any atom is -0.508 e. The number of aliphatic hydroxyl groups is 1. The Bertz CT molecular complexity index is 659. The lowest BCUT2D eigenvalue weighted by Crippen LogP contribution is -2.50. The summed E-state index contributed by atoms with van der Waals surface area (Å²) in [6.07, 6.45) is 4.75. The van der Waals surface area contributed by atoms with Crippen LogP contribution in [0.1, 0.15) is 33.6 Å². The molecular formula is C17H26N4O4S. The van der Waals surface area contributed by atoms with Gasteiger partial charge < -0.3 is 25.7 Å². The van der Waals surface area contributed by atoms with Crippen molar-refractivity contribution in [3.8, 4) is 0 Å². The van der Waals surface area contributed by atoms with Crippen LogP contribution in [0.4, 0.5) is 0 Å². The van der Waals surface area contributed by atoms with Crippen LogP contribution < -0.4 is 10.6 Å². The predicted molar refractivity (Wildman–Crippen MR) is 103 cm³/mol. The number of rotatable bonds is 6. The summed E-state index contributed by atoms with van der Waals surface area (Å²) in [6, 6.07) is -0.293. The normalized spacial score (nSPS) is 29.2. The number of ether oxygens (including phenoxy) is 1. The van der Waals surface area contributed by atoms with Crippen LogP contribution in [0.3, 0.4) is 0 Å². The van der Waals surface area contributed by atoms with Gasteiger partial charge in [-0.25, -0.2) is 0 Å². The molecule has 2 atom stereocenters. The van der Waals surface area contributed by atoms with Crippen molar-refractivity contribution in [1.29, 1.82) is 0 Å². The Morgan fingerprint density at radius 1 is 1.62 bits per heavy atom. The zero-order valence-corrected chi connectivity index (χ0v) is 16.1. The van der Waals surface area contributed by atoms with Gasteiger partial charge in [-0.05, 0) is 26.3 Å². The maximum absolute atomic E-state index is 12.9. The molecule has 0 saturated heterocycles. The first-order chi connectivity index (χ1) is 12.4. The van der Waals surface area contributed by atoms with E-state index in [9.17, 15) is 9.90 Å². The van der Waals surface area contributed by atoms with Gasteiger partial charge in [0.15, 0.2) is 0 Å². The topological polar surface area (TPSA) is 116 Å². The van der Waals surface area contributed by atoms with Gasteiger partial charge in [0.25, 0.3) is 0 Å². The highest BCUT2D eigenvalue weighted by Gasteiger charge is 2.40. The smallest absolute Gasteiger partial charge is 0.249 e. The third-order valence-corrected chi connectivity index (χ3v) is 5.50. The average Bonchev–Trinajstić information content (AvgIpc) is 3.00. The number of amides is 1. The lowest BCUT2D eigenvalue weighted by molar-refractivity contribution is -0.125. The standard InChI is InChI=1S/C17H26N4O4S/c1-4-5-13(14-8-12(22)6-7-25-10-18-14)19-16(23)17(3)9-26-15(20-17)11(2)21-24/h6,8,13,18,22,24H,4-5,7,9-10H2,1-3H3,(H,19,23)/b12-6+,14-8-,21-11+/t13-,17+/m1/s1. The second kappa shape index (κ2) is 9.09. The van der Waals surface area contributed by atoms with Gasteiger partial charge in [-0.3, -0.25) is 9.79 Å². The van der Waals surface area contributed by atoms with Crippen molar-refractivity contribution < 1.29 is 19.8 Å². The molecule has 0 saturated carbocycles. The summed E-state index contributed by atoms with van der Waals surface area (Å²) < 4.78 is 5.32. The third kappa shape index (κ3) is 5.01. The van der Waals surface area contributed by atoms with Crippen molar-refractivity contribution in [2.45, 2.75) is 45.2 Å². The monoisotopic (exact) mass is 382 g/mol. The van der Waals surface area contributed by atoms with Crippen molar-refractivity contribution in [3.05, 3.63) is 23.6 Å². The average molecular weight is 382 g/mol. The van der Waals surface area contributed by atoms with Gasteiger partial charge in [-0.15, -0.1) is 11.8 Å². The fraction of sp³-hybridized carbons (Fsp3) is 0.588. The van der Waals surface area contributed by atoms with Crippen molar-refractivity contribution in [3.63, 3.8) is 0 Å². The number of oxime groups is 1. The van der Waals surface area contributed by atoms with E-state index < -0.39 is 5.54 Å². The van der Waals surface area contributed by atoms with E-state index in [0.29, 0.717) is 42.0 Å². The molecule has 0 aromatic carbocycles. The number of carbonyl (C=O) groups is 1. The number of hydrogen-bond donors (Lipinski definition) is 4. The molecule has 0 fully saturated rings. The molecule has 2 rings (SSSR count). The SMILES string of the molecule is CCC[C@@H](NC(=O)[C@]1(C)CSC(/C(C)=N/O)=N1)/C1=C/C(O)=C\COCN1. The molecule has 4 N–H and O–H groups in total. The van der Waals surface area contributed by atoms with Gasteiger partial charge in [-0.2, -0.15) is 0 Å². The summed E-state index contributed by atoms with van der Waals surface area (Å²) in [4.78, 5) is 17.3. The Morgan fingerprint density at radius 2 is 2.38 bits per heavy atom. The number of aliphatic hydroxyl groups excluding tert-OH is 1. The summed E-state index contributed by atoms with van der Waals surface area (Å²) in [7, 11) is 0. The van der Waals surface area contributed by atoms with E-state index >= 15 is 0 Å². The second-order valence-corrected chi connectivity index (χ2v) is 7.36.